The summed E-state index contributed by atoms with van der Waals surface area (Å²) in [5.41, 5.74) is 0.297. The number of aromatic hydroxyl groups is 1. The molecule has 2 N–H and O–H groups in total. The van der Waals surface area contributed by atoms with E-state index in [0.29, 0.717) is 18.4 Å². The average molecular weight is 346 g/mol. The second kappa shape index (κ2) is 6.60. The van der Waals surface area contributed by atoms with Crippen molar-refractivity contribution in [2.24, 2.45) is 0 Å². The third kappa shape index (κ3) is 3.26. The molecule has 1 aromatic heterocycles. The van der Waals surface area contributed by atoms with Gasteiger partial charge in [-0.2, -0.15) is 0 Å². The lowest BCUT2D eigenvalue weighted by atomic mass is 10.2. The predicted octanol–water partition coefficient (Wildman–Crippen LogP) is 2.76. The van der Waals surface area contributed by atoms with Crippen molar-refractivity contribution in [2.45, 2.75) is 35.8 Å². The quantitative estimate of drug-likeness (QED) is 0.887. The SMILES string of the molecule is O=C(Nc1ncccc1O)c1ccc(S(=O)(=O)C2CCCC2)cc1. The van der Waals surface area contributed by atoms with Crippen LogP contribution in [0.15, 0.2) is 47.5 Å². The fourth-order valence-electron chi connectivity index (χ4n) is 2.86. The standard InChI is InChI=1S/C17H18N2O4S/c20-15-6-3-11-18-16(15)19-17(21)12-7-9-14(10-8-12)24(22,23)13-4-1-2-5-13/h3,6-11,13,20H,1-2,4-5H2,(H,18,19,21). The van der Waals surface area contributed by atoms with Crippen molar-refractivity contribution in [3.63, 3.8) is 0 Å². The first-order valence-corrected chi connectivity index (χ1v) is 9.32. The molecule has 24 heavy (non-hydrogen) atoms. The van der Waals surface area contributed by atoms with Gasteiger partial charge in [-0.1, -0.05) is 12.8 Å². The number of amides is 1. The van der Waals surface area contributed by atoms with E-state index < -0.39 is 15.7 Å². The number of pyridine rings is 1. The number of hydrogen-bond donors (Lipinski definition) is 2. The topological polar surface area (TPSA) is 96.4 Å². The zero-order chi connectivity index (χ0) is 17.2. The van der Waals surface area contributed by atoms with Crippen LogP contribution in [0.1, 0.15) is 36.0 Å². The molecule has 0 unspecified atom stereocenters. The molecular weight excluding hydrogens is 328 g/mol. The van der Waals surface area contributed by atoms with E-state index in [1.54, 1.807) is 6.07 Å². The molecule has 1 fully saturated rings. The molecule has 1 heterocycles. The largest absolute Gasteiger partial charge is 0.504 e. The summed E-state index contributed by atoms with van der Waals surface area (Å²) in [6.45, 7) is 0. The number of hydrogen-bond acceptors (Lipinski definition) is 5. The summed E-state index contributed by atoms with van der Waals surface area (Å²) in [4.78, 5) is 16.3. The minimum Gasteiger partial charge on any atom is -0.504 e. The number of rotatable bonds is 4. The van der Waals surface area contributed by atoms with E-state index in [2.05, 4.69) is 10.3 Å². The lowest BCUT2D eigenvalue weighted by molar-refractivity contribution is 0.102. The Morgan fingerprint density at radius 3 is 2.42 bits per heavy atom. The van der Waals surface area contributed by atoms with Gasteiger partial charge in [0.05, 0.1) is 10.1 Å². The number of nitrogens with one attached hydrogen (secondary N) is 1. The molecule has 0 atom stereocenters. The molecule has 0 bridgehead atoms. The van der Waals surface area contributed by atoms with Gasteiger partial charge < -0.3 is 10.4 Å². The lowest BCUT2D eigenvalue weighted by Crippen LogP contribution is -2.18. The van der Waals surface area contributed by atoms with E-state index in [0.717, 1.165) is 12.8 Å². The predicted molar refractivity (Wildman–Crippen MR) is 89.7 cm³/mol. The maximum atomic E-state index is 12.5. The van der Waals surface area contributed by atoms with Crippen LogP contribution in [0, 0.1) is 0 Å². The number of carbonyl (C=O) groups excluding carboxylic acids is 1. The van der Waals surface area contributed by atoms with Crippen molar-refractivity contribution in [1.82, 2.24) is 4.98 Å². The molecular formula is C17H18N2O4S. The third-order valence-electron chi connectivity index (χ3n) is 4.20. The number of benzene rings is 1. The second-order valence-electron chi connectivity index (χ2n) is 5.80. The van der Waals surface area contributed by atoms with Crippen LogP contribution in [0.2, 0.25) is 0 Å². The van der Waals surface area contributed by atoms with Gasteiger partial charge in [-0.15, -0.1) is 0 Å². The Morgan fingerprint density at radius 2 is 1.79 bits per heavy atom. The van der Waals surface area contributed by atoms with Crippen LogP contribution in [0.5, 0.6) is 5.75 Å². The zero-order valence-corrected chi connectivity index (χ0v) is 13.8. The molecule has 0 aliphatic heterocycles. The molecule has 2 aromatic rings. The average Bonchev–Trinajstić information content (AvgIpc) is 3.12. The Kier molecular flexibility index (Phi) is 4.53. The highest BCUT2D eigenvalue weighted by Gasteiger charge is 2.30. The molecule has 0 radical (unpaired) electrons. The molecule has 6 nitrogen and oxygen atoms in total. The fourth-order valence-corrected chi connectivity index (χ4v) is 4.71. The number of carbonyl (C=O) groups is 1. The Hall–Kier alpha value is -2.41. The number of nitrogens with zero attached hydrogens (tertiary/aromatic N) is 1. The van der Waals surface area contributed by atoms with Crippen molar-refractivity contribution in [3.8, 4) is 5.75 Å². The van der Waals surface area contributed by atoms with E-state index in [4.69, 9.17) is 0 Å². The number of aromatic nitrogens is 1. The minimum absolute atomic E-state index is 0.0603. The molecule has 1 aromatic carbocycles. The van der Waals surface area contributed by atoms with Crippen LogP contribution < -0.4 is 5.32 Å². The van der Waals surface area contributed by atoms with Gasteiger partial charge >= 0.3 is 0 Å². The fraction of sp³-hybridized carbons (Fsp3) is 0.294. The molecule has 1 amide bonds. The molecule has 0 spiro atoms. The summed E-state index contributed by atoms with van der Waals surface area (Å²) >= 11 is 0. The molecule has 1 aliphatic rings. The van der Waals surface area contributed by atoms with E-state index in [-0.39, 0.29) is 21.7 Å². The van der Waals surface area contributed by atoms with Crippen LogP contribution in [-0.2, 0) is 9.84 Å². The maximum Gasteiger partial charge on any atom is 0.256 e. The van der Waals surface area contributed by atoms with Gasteiger partial charge in [-0.3, -0.25) is 4.79 Å². The smallest absolute Gasteiger partial charge is 0.256 e. The van der Waals surface area contributed by atoms with Crippen molar-refractivity contribution in [3.05, 3.63) is 48.2 Å². The first-order valence-electron chi connectivity index (χ1n) is 7.78. The summed E-state index contributed by atoms with van der Waals surface area (Å²) in [5, 5.41) is 11.8. The van der Waals surface area contributed by atoms with Gasteiger partial charge in [0.2, 0.25) is 0 Å². The molecule has 3 rings (SSSR count). The zero-order valence-electron chi connectivity index (χ0n) is 13.0. The summed E-state index contributed by atoms with van der Waals surface area (Å²) in [5.74, 6) is -0.537. The summed E-state index contributed by atoms with van der Waals surface area (Å²) in [7, 11) is -3.33. The Balaban J connectivity index is 1.77. The normalized spacial score (nSPS) is 15.3. The van der Waals surface area contributed by atoms with Crippen molar-refractivity contribution in [2.75, 3.05) is 5.32 Å². The van der Waals surface area contributed by atoms with Crippen LogP contribution >= 0.6 is 0 Å². The first-order chi connectivity index (χ1) is 11.5. The minimum atomic E-state index is -3.33. The Labute approximate surface area is 140 Å². The number of anilines is 1. The van der Waals surface area contributed by atoms with Gasteiger partial charge in [0.15, 0.2) is 21.4 Å². The van der Waals surface area contributed by atoms with Gasteiger partial charge in [0.25, 0.3) is 5.91 Å². The van der Waals surface area contributed by atoms with E-state index in [1.165, 1.54) is 36.5 Å². The highest BCUT2D eigenvalue weighted by atomic mass is 32.2. The third-order valence-corrected chi connectivity index (χ3v) is 6.48. The van der Waals surface area contributed by atoms with Gasteiger partial charge in [0, 0.05) is 11.8 Å². The van der Waals surface area contributed by atoms with E-state index >= 15 is 0 Å². The van der Waals surface area contributed by atoms with Gasteiger partial charge in [0.1, 0.15) is 0 Å². The highest BCUT2D eigenvalue weighted by Crippen LogP contribution is 2.29. The van der Waals surface area contributed by atoms with Crippen LogP contribution in [0.25, 0.3) is 0 Å². The Morgan fingerprint density at radius 1 is 1.12 bits per heavy atom. The monoisotopic (exact) mass is 346 g/mol. The van der Waals surface area contributed by atoms with Gasteiger partial charge in [-0.25, -0.2) is 13.4 Å². The summed E-state index contributed by atoms with van der Waals surface area (Å²) in [6, 6.07) is 8.82. The van der Waals surface area contributed by atoms with E-state index in [1.807, 2.05) is 0 Å². The van der Waals surface area contributed by atoms with Crippen molar-refractivity contribution >= 4 is 21.6 Å². The molecule has 0 saturated heterocycles. The van der Waals surface area contributed by atoms with E-state index in [9.17, 15) is 18.3 Å². The van der Waals surface area contributed by atoms with Crippen LogP contribution in [0.3, 0.4) is 0 Å². The van der Waals surface area contributed by atoms with Gasteiger partial charge in [-0.05, 0) is 49.2 Å². The second-order valence-corrected chi connectivity index (χ2v) is 8.03. The van der Waals surface area contributed by atoms with Crippen molar-refractivity contribution < 1.29 is 18.3 Å². The molecule has 7 heteroatoms. The molecule has 1 saturated carbocycles. The highest BCUT2D eigenvalue weighted by molar-refractivity contribution is 7.92. The number of sulfone groups is 1. The molecule has 126 valence electrons. The van der Waals surface area contributed by atoms with Crippen LogP contribution in [-0.4, -0.2) is 29.7 Å². The Bertz CT molecular complexity index is 841. The first kappa shape index (κ1) is 16.4. The van der Waals surface area contributed by atoms with Crippen molar-refractivity contribution in [1.29, 1.82) is 0 Å². The summed E-state index contributed by atoms with van der Waals surface area (Å²) < 4.78 is 25.0. The summed E-state index contributed by atoms with van der Waals surface area (Å²) in [6.07, 6.45) is 4.73. The molecule has 1 aliphatic carbocycles. The lowest BCUT2D eigenvalue weighted by Gasteiger charge is -2.11. The van der Waals surface area contributed by atoms with Crippen LogP contribution in [0.4, 0.5) is 5.82 Å². The maximum absolute atomic E-state index is 12.5.